The zero-order chi connectivity index (χ0) is 11.2. The number of hydrogen-bond acceptors (Lipinski definition) is 3. The summed E-state index contributed by atoms with van der Waals surface area (Å²) in [6, 6.07) is 7.27. The Balaban J connectivity index is 1.87. The zero-order valence-electron chi connectivity index (χ0n) is 9.98. The maximum absolute atomic E-state index is 5.88. The van der Waals surface area contributed by atoms with E-state index in [9.17, 15) is 0 Å². The Morgan fingerprint density at radius 3 is 3.35 bits per heavy atom. The number of nitrogens with zero attached hydrogens (tertiary/aromatic N) is 1. The van der Waals surface area contributed by atoms with Crippen LogP contribution in [0.5, 0.6) is 5.75 Å². The lowest BCUT2D eigenvalue weighted by molar-refractivity contribution is 0.319. The number of piperidine rings is 1. The average Bonchev–Trinajstić information content (AvgIpc) is 2.56. The molecule has 1 aromatic carbocycles. The van der Waals surface area contributed by atoms with Crippen LogP contribution in [-0.2, 0) is 0 Å². The highest BCUT2D eigenvalue weighted by molar-refractivity contribution is 5.70. The van der Waals surface area contributed by atoms with Crippen molar-refractivity contribution in [2.45, 2.75) is 24.8 Å². The number of anilines is 1. The van der Waals surface area contributed by atoms with Crippen molar-refractivity contribution in [3.8, 4) is 5.75 Å². The van der Waals surface area contributed by atoms with Crippen LogP contribution >= 0.6 is 0 Å². The van der Waals surface area contributed by atoms with Crippen LogP contribution in [0, 0.1) is 0 Å². The third-order valence-electron chi connectivity index (χ3n) is 4.36. The Bertz CT molecular complexity index is 446. The van der Waals surface area contributed by atoms with Crippen molar-refractivity contribution in [3.05, 3.63) is 23.8 Å². The number of rotatable bonds is 0. The fourth-order valence-electron chi connectivity index (χ4n) is 3.66. The predicted octanol–water partition coefficient (Wildman–Crippen LogP) is 1.73. The lowest BCUT2D eigenvalue weighted by Gasteiger charge is -2.33. The molecular weight excluding hydrogens is 212 g/mol. The highest BCUT2D eigenvalue weighted by atomic mass is 16.5. The molecule has 2 atom stereocenters. The topological polar surface area (TPSA) is 24.5 Å². The van der Waals surface area contributed by atoms with Crippen molar-refractivity contribution < 1.29 is 4.74 Å². The van der Waals surface area contributed by atoms with Crippen LogP contribution in [-0.4, -0.2) is 32.3 Å². The first-order valence-electron chi connectivity index (χ1n) is 6.68. The molecule has 0 radical (unpaired) electrons. The van der Waals surface area contributed by atoms with Gasteiger partial charge in [-0.3, -0.25) is 0 Å². The van der Waals surface area contributed by atoms with Crippen molar-refractivity contribution >= 4 is 5.69 Å². The van der Waals surface area contributed by atoms with Gasteiger partial charge in [-0.05, 0) is 31.0 Å². The summed E-state index contributed by atoms with van der Waals surface area (Å²) in [7, 11) is 0. The molecule has 3 aliphatic heterocycles. The van der Waals surface area contributed by atoms with Crippen LogP contribution in [0.4, 0.5) is 5.69 Å². The lowest BCUT2D eigenvalue weighted by Crippen LogP contribution is -2.44. The number of benzene rings is 1. The molecule has 4 rings (SSSR count). The van der Waals surface area contributed by atoms with Crippen LogP contribution in [0.25, 0.3) is 0 Å². The van der Waals surface area contributed by atoms with Crippen molar-refractivity contribution in [1.82, 2.24) is 5.32 Å². The average molecular weight is 230 g/mol. The summed E-state index contributed by atoms with van der Waals surface area (Å²) in [6.07, 6.45) is 2.41. The summed E-state index contributed by atoms with van der Waals surface area (Å²) >= 11 is 0. The Labute approximate surface area is 102 Å². The summed E-state index contributed by atoms with van der Waals surface area (Å²) in [5.74, 6) is 1.77. The highest BCUT2D eigenvalue weighted by Crippen LogP contribution is 2.48. The molecule has 0 saturated carbocycles. The van der Waals surface area contributed by atoms with Crippen LogP contribution in [0.15, 0.2) is 18.2 Å². The molecule has 0 spiro atoms. The third kappa shape index (κ3) is 1.32. The Morgan fingerprint density at radius 1 is 1.35 bits per heavy atom. The van der Waals surface area contributed by atoms with E-state index in [0.717, 1.165) is 38.4 Å². The zero-order valence-corrected chi connectivity index (χ0v) is 9.98. The SMILES string of the molecule is c1cc2c3c(c1)[C@@H]1CNCC[C@@H]1N3CCCO2. The molecule has 0 amide bonds. The van der Waals surface area contributed by atoms with E-state index in [2.05, 4.69) is 28.4 Å². The van der Waals surface area contributed by atoms with Gasteiger partial charge in [-0.15, -0.1) is 0 Å². The maximum Gasteiger partial charge on any atom is 0.142 e. The van der Waals surface area contributed by atoms with Gasteiger partial charge in [0, 0.05) is 25.0 Å². The Hall–Kier alpha value is -1.22. The van der Waals surface area contributed by atoms with Crippen molar-refractivity contribution in [2.24, 2.45) is 0 Å². The standard InChI is InChI=1S/C14H18N2O/c1-3-10-11-9-15-6-5-12(11)16-7-2-8-17-13(4-1)14(10)16/h1,3-4,11-12,15H,2,5-9H2/t11-,12-/m0/s1. The summed E-state index contributed by atoms with van der Waals surface area (Å²) in [5.41, 5.74) is 2.89. The van der Waals surface area contributed by atoms with E-state index in [1.807, 2.05) is 0 Å². The fourth-order valence-corrected chi connectivity index (χ4v) is 3.66. The molecule has 0 bridgehead atoms. The molecule has 1 fully saturated rings. The van der Waals surface area contributed by atoms with Crippen LogP contribution in [0.2, 0.25) is 0 Å². The Kier molecular flexibility index (Phi) is 2.09. The van der Waals surface area contributed by atoms with Gasteiger partial charge in [0.15, 0.2) is 0 Å². The molecule has 1 saturated heterocycles. The first-order chi connectivity index (χ1) is 8.45. The summed E-state index contributed by atoms with van der Waals surface area (Å²) in [4.78, 5) is 2.61. The van der Waals surface area contributed by atoms with Crippen LogP contribution in [0.3, 0.4) is 0 Å². The number of nitrogens with one attached hydrogen (secondary N) is 1. The highest BCUT2D eigenvalue weighted by Gasteiger charge is 2.41. The van der Waals surface area contributed by atoms with E-state index in [4.69, 9.17) is 4.74 Å². The Morgan fingerprint density at radius 2 is 2.35 bits per heavy atom. The molecule has 1 N–H and O–H groups in total. The van der Waals surface area contributed by atoms with E-state index < -0.39 is 0 Å². The van der Waals surface area contributed by atoms with Gasteiger partial charge < -0.3 is 15.0 Å². The maximum atomic E-state index is 5.88. The van der Waals surface area contributed by atoms with E-state index in [-0.39, 0.29) is 0 Å². The van der Waals surface area contributed by atoms with E-state index in [1.165, 1.54) is 17.7 Å². The number of para-hydroxylation sites is 1. The van der Waals surface area contributed by atoms with Crippen molar-refractivity contribution in [2.75, 3.05) is 31.1 Å². The quantitative estimate of drug-likeness (QED) is 0.734. The van der Waals surface area contributed by atoms with Crippen molar-refractivity contribution in [3.63, 3.8) is 0 Å². The molecule has 90 valence electrons. The molecule has 3 heteroatoms. The van der Waals surface area contributed by atoms with Gasteiger partial charge in [0.05, 0.1) is 12.3 Å². The van der Waals surface area contributed by atoms with E-state index >= 15 is 0 Å². The van der Waals surface area contributed by atoms with Gasteiger partial charge >= 0.3 is 0 Å². The normalized spacial score (nSPS) is 30.2. The van der Waals surface area contributed by atoms with Gasteiger partial charge in [0.1, 0.15) is 5.75 Å². The van der Waals surface area contributed by atoms with Gasteiger partial charge in [0.25, 0.3) is 0 Å². The molecule has 1 aromatic rings. The van der Waals surface area contributed by atoms with Gasteiger partial charge in [-0.25, -0.2) is 0 Å². The largest absolute Gasteiger partial charge is 0.491 e. The minimum absolute atomic E-state index is 0.667. The smallest absolute Gasteiger partial charge is 0.142 e. The second kappa shape index (κ2) is 3.64. The molecular formula is C14H18N2O. The molecule has 3 nitrogen and oxygen atoms in total. The molecule has 0 unspecified atom stereocenters. The summed E-state index contributed by atoms with van der Waals surface area (Å²) < 4.78 is 5.88. The first kappa shape index (κ1) is 9.77. The van der Waals surface area contributed by atoms with E-state index in [1.54, 1.807) is 0 Å². The van der Waals surface area contributed by atoms with Crippen molar-refractivity contribution in [1.29, 1.82) is 0 Å². The number of fused-ring (bicyclic) bond motifs is 3. The second-order valence-electron chi connectivity index (χ2n) is 5.26. The van der Waals surface area contributed by atoms with Crippen LogP contribution < -0.4 is 15.0 Å². The molecule has 17 heavy (non-hydrogen) atoms. The molecule has 3 aliphatic rings. The second-order valence-corrected chi connectivity index (χ2v) is 5.26. The van der Waals surface area contributed by atoms with Gasteiger partial charge in [-0.1, -0.05) is 12.1 Å². The lowest BCUT2D eigenvalue weighted by atomic mass is 9.90. The van der Waals surface area contributed by atoms with Gasteiger partial charge in [-0.2, -0.15) is 0 Å². The minimum atomic E-state index is 0.667. The molecule has 0 aliphatic carbocycles. The fraction of sp³-hybridized carbons (Fsp3) is 0.571. The summed E-state index contributed by atoms with van der Waals surface area (Å²) in [6.45, 7) is 4.30. The minimum Gasteiger partial charge on any atom is -0.491 e. The summed E-state index contributed by atoms with van der Waals surface area (Å²) in [5, 5.41) is 3.53. The monoisotopic (exact) mass is 230 g/mol. The van der Waals surface area contributed by atoms with E-state index in [0.29, 0.717) is 12.0 Å². The molecule has 0 aromatic heterocycles. The predicted molar refractivity (Wildman–Crippen MR) is 67.9 cm³/mol. The molecule has 3 heterocycles. The third-order valence-corrected chi connectivity index (χ3v) is 4.36. The van der Waals surface area contributed by atoms with Crippen LogP contribution in [0.1, 0.15) is 24.3 Å². The van der Waals surface area contributed by atoms with Gasteiger partial charge in [0.2, 0.25) is 0 Å². The number of hydrogen-bond donors (Lipinski definition) is 1. The number of ether oxygens (including phenoxy) is 1. The first-order valence-corrected chi connectivity index (χ1v) is 6.68.